The SMILES string of the molecule is CC1CN(Cc2nc(-c3ccc(Cl)cc3)no2)CCC1N.Cl. The molecule has 1 aliphatic heterocycles. The normalized spacial score (nSPS) is 22.3. The third-order valence-electron chi connectivity index (χ3n) is 3.99. The molecule has 1 aromatic heterocycles. The number of hydrogen-bond acceptors (Lipinski definition) is 5. The molecular weight excluding hydrogens is 323 g/mol. The zero-order chi connectivity index (χ0) is 14.8. The minimum absolute atomic E-state index is 0. The van der Waals surface area contributed by atoms with E-state index in [2.05, 4.69) is 22.0 Å². The van der Waals surface area contributed by atoms with Gasteiger partial charge in [-0.15, -0.1) is 12.4 Å². The highest BCUT2D eigenvalue weighted by atomic mass is 35.5. The van der Waals surface area contributed by atoms with Gasteiger partial charge in [0, 0.05) is 29.7 Å². The highest BCUT2D eigenvalue weighted by Gasteiger charge is 2.24. The molecule has 0 amide bonds. The number of rotatable bonds is 3. The Bertz CT molecular complexity index is 602. The van der Waals surface area contributed by atoms with Crippen molar-refractivity contribution in [2.45, 2.75) is 25.9 Å². The van der Waals surface area contributed by atoms with Gasteiger partial charge in [-0.25, -0.2) is 0 Å². The van der Waals surface area contributed by atoms with Crippen molar-refractivity contribution in [1.82, 2.24) is 15.0 Å². The van der Waals surface area contributed by atoms with Crippen LogP contribution in [0.4, 0.5) is 0 Å². The Kier molecular flexibility index (Phi) is 5.81. The van der Waals surface area contributed by atoms with Gasteiger partial charge in [-0.2, -0.15) is 4.98 Å². The molecule has 1 saturated heterocycles. The second-order valence-corrected chi connectivity index (χ2v) is 6.12. The molecule has 0 spiro atoms. The minimum atomic E-state index is 0. The Hall–Kier alpha value is -1.14. The molecule has 1 aliphatic rings. The van der Waals surface area contributed by atoms with Crippen LogP contribution in [0.1, 0.15) is 19.2 Å². The lowest BCUT2D eigenvalue weighted by Crippen LogP contribution is -2.45. The van der Waals surface area contributed by atoms with E-state index < -0.39 is 0 Å². The molecular formula is C15H20Cl2N4O. The van der Waals surface area contributed by atoms with Crippen LogP contribution in [0.15, 0.2) is 28.8 Å². The number of aromatic nitrogens is 2. The standard InChI is InChI=1S/C15H19ClN4O.ClH/c1-10-8-20(7-6-13(10)17)9-14-18-15(19-21-14)11-2-4-12(16)5-3-11;/h2-5,10,13H,6-9,17H2,1H3;1H. The van der Waals surface area contributed by atoms with E-state index in [4.69, 9.17) is 21.9 Å². The van der Waals surface area contributed by atoms with Crippen LogP contribution in [0.2, 0.25) is 5.02 Å². The van der Waals surface area contributed by atoms with E-state index in [1.807, 2.05) is 24.3 Å². The number of nitrogens with two attached hydrogens (primary N) is 1. The highest BCUT2D eigenvalue weighted by molar-refractivity contribution is 6.30. The first-order chi connectivity index (χ1) is 10.1. The van der Waals surface area contributed by atoms with Crippen molar-refractivity contribution >= 4 is 24.0 Å². The van der Waals surface area contributed by atoms with E-state index in [9.17, 15) is 0 Å². The van der Waals surface area contributed by atoms with Gasteiger partial charge in [-0.1, -0.05) is 23.7 Å². The van der Waals surface area contributed by atoms with Crippen molar-refractivity contribution in [3.8, 4) is 11.4 Å². The van der Waals surface area contributed by atoms with E-state index >= 15 is 0 Å². The van der Waals surface area contributed by atoms with Crippen molar-refractivity contribution in [2.75, 3.05) is 13.1 Å². The third-order valence-corrected chi connectivity index (χ3v) is 4.24. The molecule has 2 unspecified atom stereocenters. The van der Waals surface area contributed by atoms with Gasteiger partial charge in [0.2, 0.25) is 11.7 Å². The van der Waals surface area contributed by atoms with E-state index in [1.165, 1.54) is 0 Å². The summed E-state index contributed by atoms with van der Waals surface area (Å²) in [6.45, 7) is 4.81. The molecule has 1 aromatic carbocycles. The molecule has 1 fully saturated rings. The fraction of sp³-hybridized carbons (Fsp3) is 0.467. The molecule has 22 heavy (non-hydrogen) atoms. The van der Waals surface area contributed by atoms with Crippen LogP contribution >= 0.6 is 24.0 Å². The number of halogens is 2. The minimum Gasteiger partial charge on any atom is -0.338 e. The van der Waals surface area contributed by atoms with Gasteiger partial charge in [-0.05, 0) is 36.6 Å². The average Bonchev–Trinajstić information content (AvgIpc) is 2.92. The summed E-state index contributed by atoms with van der Waals surface area (Å²) in [7, 11) is 0. The lowest BCUT2D eigenvalue weighted by Gasteiger charge is -2.34. The van der Waals surface area contributed by atoms with E-state index in [0.717, 1.165) is 25.1 Å². The second kappa shape index (κ2) is 7.42. The van der Waals surface area contributed by atoms with Gasteiger partial charge in [-0.3, -0.25) is 4.90 Å². The maximum Gasteiger partial charge on any atom is 0.241 e. The summed E-state index contributed by atoms with van der Waals surface area (Å²) in [5.41, 5.74) is 6.94. The van der Waals surface area contributed by atoms with Crippen LogP contribution < -0.4 is 5.73 Å². The van der Waals surface area contributed by atoms with Gasteiger partial charge in [0.05, 0.1) is 6.54 Å². The van der Waals surface area contributed by atoms with Crippen LogP contribution in [-0.4, -0.2) is 34.2 Å². The largest absolute Gasteiger partial charge is 0.338 e. The van der Waals surface area contributed by atoms with Crippen LogP contribution in [0, 0.1) is 5.92 Å². The molecule has 5 nitrogen and oxygen atoms in total. The molecule has 0 aliphatic carbocycles. The molecule has 0 saturated carbocycles. The first-order valence-electron chi connectivity index (χ1n) is 7.18. The molecule has 7 heteroatoms. The zero-order valence-corrected chi connectivity index (χ0v) is 14.0. The van der Waals surface area contributed by atoms with Crippen molar-refractivity contribution in [2.24, 2.45) is 11.7 Å². The number of nitrogens with zero attached hydrogens (tertiary/aromatic N) is 3. The smallest absolute Gasteiger partial charge is 0.241 e. The van der Waals surface area contributed by atoms with Gasteiger partial charge in [0.1, 0.15) is 0 Å². The van der Waals surface area contributed by atoms with E-state index in [-0.39, 0.29) is 12.4 Å². The molecule has 2 aromatic rings. The van der Waals surface area contributed by atoms with Crippen molar-refractivity contribution < 1.29 is 4.52 Å². The molecule has 0 radical (unpaired) electrons. The van der Waals surface area contributed by atoms with Crippen LogP contribution in [0.3, 0.4) is 0 Å². The second-order valence-electron chi connectivity index (χ2n) is 5.68. The van der Waals surface area contributed by atoms with Gasteiger partial charge >= 0.3 is 0 Å². The first kappa shape index (κ1) is 17.2. The summed E-state index contributed by atoms with van der Waals surface area (Å²) in [5.74, 6) is 1.74. The van der Waals surface area contributed by atoms with E-state index in [1.54, 1.807) is 0 Å². The van der Waals surface area contributed by atoms with Crippen molar-refractivity contribution in [3.05, 3.63) is 35.2 Å². The van der Waals surface area contributed by atoms with Crippen molar-refractivity contribution in [1.29, 1.82) is 0 Å². The first-order valence-corrected chi connectivity index (χ1v) is 7.56. The Labute approximate surface area is 141 Å². The number of benzene rings is 1. The summed E-state index contributed by atoms with van der Waals surface area (Å²) in [5, 5.41) is 4.73. The van der Waals surface area contributed by atoms with Crippen LogP contribution in [0.25, 0.3) is 11.4 Å². The van der Waals surface area contributed by atoms with Gasteiger partial charge < -0.3 is 10.3 Å². The fourth-order valence-corrected chi connectivity index (χ4v) is 2.75. The molecule has 120 valence electrons. The van der Waals surface area contributed by atoms with Gasteiger partial charge in [0.15, 0.2) is 0 Å². The van der Waals surface area contributed by atoms with Crippen molar-refractivity contribution in [3.63, 3.8) is 0 Å². The van der Waals surface area contributed by atoms with Crippen LogP contribution in [0.5, 0.6) is 0 Å². The van der Waals surface area contributed by atoms with E-state index in [0.29, 0.717) is 35.2 Å². The van der Waals surface area contributed by atoms with Crippen LogP contribution in [-0.2, 0) is 6.54 Å². The molecule has 2 heterocycles. The zero-order valence-electron chi connectivity index (χ0n) is 12.4. The number of likely N-dealkylation sites (tertiary alicyclic amines) is 1. The Balaban J connectivity index is 0.00000176. The summed E-state index contributed by atoms with van der Waals surface area (Å²) in [6, 6.07) is 7.72. The topological polar surface area (TPSA) is 68.2 Å². The molecule has 0 bridgehead atoms. The molecule has 2 atom stereocenters. The highest BCUT2D eigenvalue weighted by Crippen LogP contribution is 2.20. The predicted molar refractivity (Wildman–Crippen MR) is 89.0 cm³/mol. The molecule has 2 N–H and O–H groups in total. The Morgan fingerprint density at radius 1 is 1.36 bits per heavy atom. The third kappa shape index (κ3) is 3.98. The number of piperidine rings is 1. The lowest BCUT2D eigenvalue weighted by atomic mass is 9.95. The summed E-state index contributed by atoms with van der Waals surface area (Å²) in [6.07, 6.45) is 1.01. The summed E-state index contributed by atoms with van der Waals surface area (Å²) < 4.78 is 5.35. The fourth-order valence-electron chi connectivity index (χ4n) is 2.62. The van der Waals surface area contributed by atoms with Gasteiger partial charge in [0.25, 0.3) is 0 Å². The predicted octanol–water partition coefficient (Wildman–Crippen LogP) is 2.98. The maximum atomic E-state index is 6.04. The Morgan fingerprint density at radius 2 is 2.09 bits per heavy atom. The summed E-state index contributed by atoms with van der Waals surface area (Å²) >= 11 is 5.88. The lowest BCUT2D eigenvalue weighted by molar-refractivity contribution is 0.142. The monoisotopic (exact) mass is 342 g/mol. The average molecular weight is 343 g/mol. The Morgan fingerprint density at radius 3 is 2.77 bits per heavy atom. The quantitative estimate of drug-likeness (QED) is 0.928. The summed E-state index contributed by atoms with van der Waals surface area (Å²) in [4.78, 5) is 6.77. The maximum absolute atomic E-state index is 6.04. The number of hydrogen-bond donors (Lipinski definition) is 1. The molecule has 3 rings (SSSR count).